The molecule has 7 nitrogen and oxygen atoms in total. The van der Waals surface area contributed by atoms with Crippen molar-refractivity contribution < 1.29 is 17.9 Å². The van der Waals surface area contributed by atoms with Crippen LogP contribution in [0.3, 0.4) is 0 Å². The molecule has 0 atom stereocenters. The summed E-state index contributed by atoms with van der Waals surface area (Å²) in [5.41, 5.74) is 1.23. The minimum Gasteiger partial charge on any atom is -0.495 e. The van der Waals surface area contributed by atoms with Gasteiger partial charge in [0.1, 0.15) is 28.5 Å². The van der Waals surface area contributed by atoms with E-state index in [4.69, 9.17) is 21.1 Å². The Hall–Kier alpha value is -2.58. The SMILES string of the molecule is COc1cc(Nc2ncnc3cc(OC)c(S(=O)(=O)C(C)(C)C)cc23)ccc1Cl. The van der Waals surface area contributed by atoms with Crippen molar-refractivity contribution in [3.63, 3.8) is 0 Å². The molecule has 0 spiro atoms. The van der Waals surface area contributed by atoms with E-state index in [1.165, 1.54) is 20.5 Å². The summed E-state index contributed by atoms with van der Waals surface area (Å²) in [5.74, 6) is 1.20. The molecular weight excluding hydrogens is 414 g/mol. The predicted molar refractivity (Wildman–Crippen MR) is 114 cm³/mol. The van der Waals surface area contributed by atoms with Gasteiger partial charge in [-0.05, 0) is 39.0 Å². The number of benzene rings is 2. The van der Waals surface area contributed by atoms with Crippen LogP contribution < -0.4 is 14.8 Å². The minimum absolute atomic E-state index is 0.0894. The molecule has 9 heteroatoms. The first kappa shape index (κ1) is 21.1. The van der Waals surface area contributed by atoms with Gasteiger partial charge in [-0.15, -0.1) is 0 Å². The topological polar surface area (TPSA) is 90.4 Å². The summed E-state index contributed by atoms with van der Waals surface area (Å²) in [7, 11) is -0.700. The normalized spacial score (nSPS) is 12.1. The van der Waals surface area contributed by atoms with Crippen molar-refractivity contribution in [2.75, 3.05) is 19.5 Å². The highest BCUT2D eigenvalue weighted by Crippen LogP contribution is 2.37. The molecule has 0 aliphatic carbocycles. The number of nitrogens with one attached hydrogen (secondary N) is 1. The van der Waals surface area contributed by atoms with E-state index < -0.39 is 14.6 Å². The van der Waals surface area contributed by atoms with E-state index in [0.717, 1.165) is 0 Å². The highest BCUT2D eigenvalue weighted by Gasteiger charge is 2.34. The summed E-state index contributed by atoms with van der Waals surface area (Å²) in [4.78, 5) is 8.63. The van der Waals surface area contributed by atoms with Crippen LogP contribution in [0.1, 0.15) is 20.8 Å². The van der Waals surface area contributed by atoms with Gasteiger partial charge in [0.2, 0.25) is 0 Å². The summed E-state index contributed by atoms with van der Waals surface area (Å²) in [6, 6.07) is 8.35. The Bertz CT molecular complexity index is 1170. The van der Waals surface area contributed by atoms with Crippen LogP contribution in [-0.4, -0.2) is 37.4 Å². The Labute approximate surface area is 175 Å². The minimum atomic E-state index is -3.66. The number of sulfone groups is 1. The fourth-order valence-corrected chi connectivity index (χ4v) is 4.27. The van der Waals surface area contributed by atoms with Crippen molar-refractivity contribution in [1.29, 1.82) is 0 Å². The van der Waals surface area contributed by atoms with Crippen molar-refractivity contribution in [3.8, 4) is 11.5 Å². The second kappa shape index (κ2) is 7.68. The number of rotatable bonds is 5. The number of methoxy groups -OCH3 is 2. The average molecular weight is 436 g/mol. The average Bonchev–Trinajstić information content (AvgIpc) is 2.67. The third-order valence-corrected chi connectivity index (χ3v) is 7.25. The van der Waals surface area contributed by atoms with Crippen molar-refractivity contribution in [3.05, 3.63) is 41.7 Å². The number of aromatic nitrogens is 2. The summed E-state index contributed by atoms with van der Waals surface area (Å²) >= 11 is 6.08. The Morgan fingerprint density at radius 2 is 1.69 bits per heavy atom. The lowest BCUT2D eigenvalue weighted by atomic mass is 10.2. The molecule has 0 radical (unpaired) electrons. The molecule has 3 rings (SSSR count). The fraction of sp³-hybridized carbons (Fsp3) is 0.300. The first-order chi connectivity index (χ1) is 13.6. The van der Waals surface area contributed by atoms with Crippen LogP contribution in [0.15, 0.2) is 41.6 Å². The number of hydrogen-bond acceptors (Lipinski definition) is 7. The van der Waals surface area contributed by atoms with Gasteiger partial charge >= 0.3 is 0 Å². The van der Waals surface area contributed by atoms with Crippen LogP contribution in [0.4, 0.5) is 11.5 Å². The molecule has 0 aliphatic rings. The van der Waals surface area contributed by atoms with Gasteiger partial charge in [0, 0.05) is 23.2 Å². The van der Waals surface area contributed by atoms with E-state index in [-0.39, 0.29) is 10.6 Å². The van der Waals surface area contributed by atoms with E-state index in [9.17, 15) is 8.42 Å². The standard InChI is InChI=1S/C20H22ClN3O4S/c1-20(2,3)29(25,26)18-9-13-15(10-17(18)28-5)22-11-23-19(13)24-12-6-7-14(21)16(8-12)27-4/h6-11H,1-5H3,(H,22,23,24). The zero-order valence-electron chi connectivity index (χ0n) is 16.8. The molecule has 0 fully saturated rings. The maximum absolute atomic E-state index is 13.1. The van der Waals surface area contributed by atoms with Crippen LogP contribution in [0.25, 0.3) is 10.9 Å². The molecule has 0 bridgehead atoms. The number of anilines is 2. The largest absolute Gasteiger partial charge is 0.495 e. The zero-order valence-corrected chi connectivity index (χ0v) is 18.4. The first-order valence-electron chi connectivity index (χ1n) is 8.76. The third kappa shape index (κ3) is 3.95. The predicted octanol–water partition coefficient (Wildman–Crippen LogP) is 4.62. The van der Waals surface area contributed by atoms with E-state index in [0.29, 0.717) is 33.2 Å². The zero-order chi connectivity index (χ0) is 21.4. The van der Waals surface area contributed by atoms with E-state index in [2.05, 4.69) is 15.3 Å². The van der Waals surface area contributed by atoms with Gasteiger partial charge in [0.15, 0.2) is 9.84 Å². The summed E-state index contributed by atoms with van der Waals surface area (Å²) < 4.78 is 35.8. The fourth-order valence-electron chi connectivity index (χ4n) is 2.74. The molecule has 0 saturated carbocycles. The van der Waals surface area contributed by atoms with Gasteiger partial charge in [-0.3, -0.25) is 0 Å². The molecule has 0 unspecified atom stereocenters. The molecule has 3 aromatic rings. The Kier molecular flexibility index (Phi) is 5.60. The van der Waals surface area contributed by atoms with Gasteiger partial charge in [-0.25, -0.2) is 18.4 Å². The molecule has 1 aromatic heterocycles. The van der Waals surface area contributed by atoms with Crippen molar-refractivity contribution in [1.82, 2.24) is 9.97 Å². The van der Waals surface area contributed by atoms with E-state index in [1.807, 2.05) is 0 Å². The van der Waals surface area contributed by atoms with Gasteiger partial charge in [-0.1, -0.05) is 11.6 Å². The molecule has 0 amide bonds. The van der Waals surface area contributed by atoms with Gasteiger partial charge < -0.3 is 14.8 Å². The summed E-state index contributed by atoms with van der Waals surface area (Å²) in [6.45, 7) is 4.94. The lowest BCUT2D eigenvalue weighted by Crippen LogP contribution is -2.28. The summed E-state index contributed by atoms with van der Waals surface area (Å²) in [5, 5.41) is 4.21. The second-order valence-corrected chi connectivity index (χ2v) is 10.4. The molecule has 0 saturated heterocycles. The number of halogens is 1. The molecule has 1 N–H and O–H groups in total. The lowest BCUT2D eigenvalue weighted by Gasteiger charge is -2.21. The monoisotopic (exact) mass is 435 g/mol. The highest BCUT2D eigenvalue weighted by molar-refractivity contribution is 7.92. The first-order valence-corrected chi connectivity index (χ1v) is 10.6. The van der Waals surface area contributed by atoms with E-state index >= 15 is 0 Å². The van der Waals surface area contributed by atoms with Crippen molar-refractivity contribution in [2.24, 2.45) is 0 Å². The van der Waals surface area contributed by atoms with Crippen LogP contribution in [0, 0.1) is 0 Å². The molecule has 0 aliphatic heterocycles. The maximum Gasteiger partial charge on any atom is 0.186 e. The van der Waals surface area contributed by atoms with Crippen LogP contribution in [0.5, 0.6) is 11.5 Å². The van der Waals surface area contributed by atoms with Crippen molar-refractivity contribution >= 4 is 43.8 Å². The smallest absolute Gasteiger partial charge is 0.186 e. The van der Waals surface area contributed by atoms with Crippen LogP contribution in [-0.2, 0) is 9.84 Å². The summed E-state index contributed by atoms with van der Waals surface area (Å²) in [6.07, 6.45) is 1.40. The van der Waals surface area contributed by atoms with E-state index in [1.54, 1.807) is 51.1 Å². The third-order valence-electron chi connectivity index (χ3n) is 4.43. The quantitative estimate of drug-likeness (QED) is 0.625. The molecule has 154 valence electrons. The number of hydrogen-bond donors (Lipinski definition) is 1. The Balaban J connectivity index is 2.19. The Morgan fingerprint density at radius 3 is 2.31 bits per heavy atom. The number of fused-ring (bicyclic) bond motifs is 1. The molecular formula is C20H22ClN3O4S. The van der Waals surface area contributed by atoms with Crippen molar-refractivity contribution in [2.45, 2.75) is 30.4 Å². The number of nitrogens with zero attached hydrogens (tertiary/aromatic N) is 2. The maximum atomic E-state index is 13.1. The Morgan fingerprint density at radius 1 is 1.00 bits per heavy atom. The van der Waals surface area contributed by atoms with Gasteiger partial charge in [0.25, 0.3) is 0 Å². The lowest BCUT2D eigenvalue weighted by molar-refractivity contribution is 0.402. The number of ether oxygens (including phenoxy) is 2. The molecule has 2 aromatic carbocycles. The second-order valence-electron chi connectivity index (χ2n) is 7.33. The highest BCUT2D eigenvalue weighted by atomic mass is 35.5. The van der Waals surface area contributed by atoms with Gasteiger partial charge in [0.05, 0.1) is 29.5 Å². The van der Waals surface area contributed by atoms with Crippen LogP contribution >= 0.6 is 11.6 Å². The molecule has 1 heterocycles. The molecule has 29 heavy (non-hydrogen) atoms. The van der Waals surface area contributed by atoms with Crippen LogP contribution in [0.2, 0.25) is 5.02 Å². The van der Waals surface area contributed by atoms with Gasteiger partial charge in [-0.2, -0.15) is 0 Å².